The minimum absolute atomic E-state index is 0.603. The molecule has 0 aliphatic rings. The van der Waals surface area contributed by atoms with Crippen molar-refractivity contribution in [1.82, 2.24) is 4.90 Å². The van der Waals surface area contributed by atoms with Crippen molar-refractivity contribution in [2.75, 3.05) is 33.8 Å². The number of nitrogens with two attached hydrogens (primary N) is 1. The lowest BCUT2D eigenvalue weighted by atomic mass is 9.88. The van der Waals surface area contributed by atoms with E-state index in [1.807, 2.05) is 26.2 Å². The van der Waals surface area contributed by atoms with E-state index in [-0.39, 0.29) is 0 Å². The van der Waals surface area contributed by atoms with Crippen LogP contribution in [0.4, 0.5) is 0 Å². The summed E-state index contributed by atoms with van der Waals surface area (Å²) in [7, 11) is 4.10. The smallest absolute Gasteiger partial charge is 0.119 e. The van der Waals surface area contributed by atoms with Gasteiger partial charge in [0.2, 0.25) is 0 Å². The molecule has 0 heterocycles. The van der Waals surface area contributed by atoms with Gasteiger partial charge in [0.05, 0.1) is 0 Å². The fourth-order valence-electron chi connectivity index (χ4n) is 3.38. The Morgan fingerprint density at radius 3 is 1.86 bits per heavy atom. The van der Waals surface area contributed by atoms with Gasteiger partial charge in [-0.15, -0.1) is 0 Å². The van der Waals surface area contributed by atoms with E-state index in [2.05, 4.69) is 77.7 Å². The molecule has 3 nitrogen and oxygen atoms in total. The Balaban J connectivity index is 2.02. The molecule has 0 unspecified atom stereocenters. The quantitative estimate of drug-likeness (QED) is 0.530. The Hall–Kier alpha value is -2.88. The summed E-state index contributed by atoms with van der Waals surface area (Å²) in [5.74, 6) is 0.892. The Morgan fingerprint density at radius 2 is 1.31 bits per heavy atom. The van der Waals surface area contributed by atoms with Crippen molar-refractivity contribution in [1.29, 1.82) is 0 Å². The predicted molar refractivity (Wildman–Crippen MR) is 123 cm³/mol. The van der Waals surface area contributed by atoms with Gasteiger partial charge in [-0.1, -0.05) is 72.8 Å². The second kappa shape index (κ2) is 10.6. The molecule has 0 bridgehead atoms. The summed E-state index contributed by atoms with van der Waals surface area (Å²) in [5.41, 5.74) is 12.1. The molecule has 0 aliphatic carbocycles. The number of hydrogen-bond donors (Lipinski definition) is 1. The fourth-order valence-corrected chi connectivity index (χ4v) is 3.38. The van der Waals surface area contributed by atoms with Gasteiger partial charge in [-0.3, -0.25) is 0 Å². The van der Waals surface area contributed by atoms with Gasteiger partial charge >= 0.3 is 0 Å². The highest BCUT2D eigenvalue weighted by molar-refractivity contribution is 5.98. The summed E-state index contributed by atoms with van der Waals surface area (Å²) < 4.78 is 5.87. The molecule has 29 heavy (non-hydrogen) atoms. The molecule has 3 heteroatoms. The number of ether oxygens (including phenoxy) is 1. The second-order valence-corrected chi connectivity index (χ2v) is 7.30. The molecule has 3 rings (SSSR count). The van der Waals surface area contributed by atoms with Crippen LogP contribution in [0.3, 0.4) is 0 Å². The third-order valence-corrected chi connectivity index (χ3v) is 4.83. The van der Waals surface area contributed by atoms with Crippen LogP contribution in [0, 0.1) is 0 Å². The topological polar surface area (TPSA) is 38.5 Å². The van der Waals surface area contributed by atoms with Crippen molar-refractivity contribution >= 4 is 11.1 Å². The summed E-state index contributed by atoms with van der Waals surface area (Å²) in [4.78, 5) is 2.11. The van der Waals surface area contributed by atoms with Gasteiger partial charge in [-0.2, -0.15) is 0 Å². The van der Waals surface area contributed by atoms with E-state index in [4.69, 9.17) is 10.5 Å². The Morgan fingerprint density at radius 1 is 0.759 bits per heavy atom. The van der Waals surface area contributed by atoms with Gasteiger partial charge in [0.15, 0.2) is 0 Å². The molecule has 0 aliphatic heterocycles. The SMILES string of the molecule is CN(C)CCOc1ccc(/C(=C(/CCN)c2ccccc2)c2ccccc2)cc1. The van der Waals surface area contributed by atoms with Gasteiger partial charge in [-0.25, -0.2) is 0 Å². The van der Waals surface area contributed by atoms with Crippen molar-refractivity contribution in [3.8, 4) is 5.75 Å². The van der Waals surface area contributed by atoms with Crippen molar-refractivity contribution in [2.45, 2.75) is 6.42 Å². The van der Waals surface area contributed by atoms with Crippen LogP contribution in [0.5, 0.6) is 5.75 Å². The molecule has 150 valence electrons. The van der Waals surface area contributed by atoms with E-state index in [0.717, 1.165) is 18.7 Å². The molecule has 0 saturated heterocycles. The molecule has 0 aromatic heterocycles. The van der Waals surface area contributed by atoms with E-state index >= 15 is 0 Å². The largest absolute Gasteiger partial charge is 0.492 e. The summed E-state index contributed by atoms with van der Waals surface area (Å²) in [6.07, 6.45) is 0.815. The molecular formula is C26H30N2O. The maximum absolute atomic E-state index is 6.01. The zero-order chi connectivity index (χ0) is 20.5. The molecule has 0 fully saturated rings. The summed E-state index contributed by atoms with van der Waals surface area (Å²) in [6.45, 7) is 2.17. The minimum atomic E-state index is 0.603. The van der Waals surface area contributed by atoms with Gasteiger partial charge in [0.1, 0.15) is 12.4 Å². The summed E-state index contributed by atoms with van der Waals surface area (Å²) >= 11 is 0. The molecule has 3 aromatic rings. The highest BCUT2D eigenvalue weighted by Crippen LogP contribution is 2.34. The van der Waals surface area contributed by atoms with Crippen molar-refractivity contribution in [3.05, 3.63) is 102 Å². The van der Waals surface area contributed by atoms with Crippen LogP contribution >= 0.6 is 0 Å². The average molecular weight is 387 g/mol. The molecule has 0 spiro atoms. The highest BCUT2D eigenvalue weighted by Gasteiger charge is 2.13. The van der Waals surface area contributed by atoms with Crippen LogP contribution in [0.1, 0.15) is 23.1 Å². The monoisotopic (exact) mass is 386 g/mol. The van der Waals surface area contributed by atoms with Gasteiger partial charge in [-0.05, 0) is 67.0 Å². The standard InChI is InChI=1S/C26H30N2O/c1-28(2)19-20-29-24-15-13-23(14-16-24)26(22-11-7-4-8-12-22)25(17-18-27)21-9-5-3-6-10-21/h3-16H,17-20,27H2,1-2H3/b26-25-. The Kier molecular flexibility index (Phi) is 7.62. The van der Waals surface area contributed by atoms with Crippen LogP contribution in [0.2, 0.25) is 0 Å². The third-order valence-electron chi connectivity index (χ3n) is 4.83. The first-order chi connectivity index (χ1) is 14.2. The van der Waals surface area contributed by atoms with Gasteiger partial charge in [0, 0.05) is 6.54 Å². The average Bonchev–Trinajstić information content (AvgIpc) is 2.75. The zero-order valence-corrected chi connectivity index (χ0v) is 17.3. The first kappa shape index (κ1) is 20.8. The van der Waals surface area contributed by atoms with Crippen molar-refractivity contribution in [2.24, 2.45) is 5.73 Å². The number of rotatable bonds is 9. The molecule has 0 radical (unpaired) electrons. The van der Waals surface area contributed by atoms with E-state index in [1.54, 1.807) is 0 Å². The first-order valence-electron chi connectivity index (χ1n) is 10.1. The zero-order valence-electron chi connectivity index (χ0n) is 17.3. The Bertz CT molecular complexity index is 900. The van der Waals surface area contributed by atoms with E-state index in [9.17, 15) is 0 Å². The summed E-state index contributed by atoms with van der Waals surface area (Å²) in [5, 5.41) is 0. The van der Waals surface area contributed by atoms with E-state index < -0.39 is 0 Å². The maximum atomic E-state index is 6.01. The van der Waals surface area contributed by atoms with Crippen molar-refractivity contribution in [3.63, 3.8) is 0 Å². The molecule has 0 atom stereocenters. The van der Waals surface area contributed by atoms with Crippen LogP contribution < -0.4 is 10.5 Å². The molecular weight excluding hydrogens is 356 g/mol. The van der Waals surface area contributed by atoms with Gasteiger partial charge in [0.25, 0.3) is 0 Å². The number of benzene rings is 3. The maximum Gasteiger partial charge on any atom is 0.119 e. The van der Waals surface area contributed by atoms with E-state index in [1.165, 1.54) is 27.8 Å². The lowest BCUT2D eigenvalue weighted by Gasteiger charge is -2.17. The van der Waals surface area contributed by atoms with Crippen molar-refractivity contribution < 1.29 is 4.74 Å². The van der Waals surface area contributed by atoms with Crippen LogP contribution in [0.25, 0.3) is 11.1 Å². The highest BCUT2D eigenvalue weighted by atomic mass is 16.5. The van der Waals surface area contributed by atoms with Crippen LogP contribution in [-0.2, 0) is 0 Å². The Labute approximate surface area is 174 Å². The third kappa shape index (κ3) is 5.80. The fraction of sp³-hybridized carbons (Fsp3) is 0.231. The normalized spacial score (nSPS) is 12.0. The molecule has 3 aromatic carbocycles. The summed E-state index contributed by atoms with van der Waals surface area (Å²) in [6, 6.07) is 29.5. The minimum Gasteiger partial charge on any atom is -0.492 e. The second-order valence-electron chi connectivity index (χ2n) is 7.30. The van der Waals surface area contributed by atoms with E-state index in [0.29, 0.717) is 13.2 Å². The van der Waals surface area contributed by atoms with Crippen LogP contribution in [0.15, 0.2) is 84.9 Å². The lowest BCUT2D eigenvalue weighted by Crippen LogP contribution is -2.19. The first-order valence-corrected chi connectivity index (χ1v) is 10.1. The number of likely N-dealkylation sites (N-methyl/N-ethyl adjacent to an activating group) is 1. The molecule has 0 amide bonds. The molecule has 0 saturated carbocycles. The van der Waals surface area contributed by atoms with Gasteiger partial charge < -0.3 is 15.4 Å². The molecule has 2 N–H and O–H groups in total. The number of nitrogens with zero attached hydrogens (tertiary/aromatic N) is 1. The predicted octanol–water partition coefficient (Wildman–Crippen LogP) is 4.93. The number of hydrogen-bond acceptors (Lipinski definition) is 3. The lowest BCUT2D eigenvalue weighted by molar-refractivity contribution is 0.261. The van der Waals surface area contributed by atoms with Crippen LogP contribution in [-0.4, -0.2) is 38.7 Å².